The van der Waals surface area contributed by atoms with Crippen LogP contribution in [0.1, 0.15) is 31.4 Å². The highest BCUT2D eigenvalue weighted by Gasteiger charge is 2.32. The van der Waals surface area contributed by atoms with E-state index >= 15 is 0 Å². The van der Waals surface area contributed by atoms with Gasteiger partial charge in [-0.05, 0) is 18.9 Å². The van der Waals surface area contributed by atoms with Crippen molar-refractivity contribution in [1.82, 2.24) is 5.32 Å². The van der Waals surface area contributed by atoms with Crippen molar-refractivity contribution in [1.29, 1.82) is 0 Å². The van der Waals surface area contributed by atoms with E-state index < -0.39 is 12.0 Å². The second-order valence-electron chi connectivity index (χ2n) is 5.04. The van der Waals surface area contributed by atoms with Crippen molar-refractivity contribution >= 4 is 11.9 Å². The number of carbonyl (C=O) groups is 2. The second-order valence-corrected chi connectivity index (χ2v) is 5.04. The standard InChI is InChI=1S/C15H19NO4/c1-10-12(7-8-20-10)15(19)16-13(9-14(17)18)11-5-3-2-4-6-11/h2-6,10,12-13H,7-9H2,1H3,(H,16,19)(H,17,18). The fourth-order valence-corrected chi connectivity index (χ4v) is 2.47. The fraction of sp³-hybridized carbons (Fsp3) is 0.467. The van der Waals surface area contributed by atoms with Crippen LogP contribution in [0.2, 0.25) is 0 Å². The van der Waals surface area contributed by atoms with Crippen molar-refractivity contribution < 1.29 is 19.4 Å². The van der Waals surface area contributed by atoms with E-state index in [2.05, 4.69) is 5.32 Å². The molecule has 1 fully saturated rings. The van der Waals surface area contributed by atoms with E-state index in [1.54, 1.807) is 0 Å². The summed E-state index contributed by atoms with van der Waals surface area (Å²) in [6.45, 7) is 2.44. The van der Waals surface area contributed by atoms with Crippen LogP contribution in [0.3, 0.4) is 0 Å². The molecule has 0 radical (unpaired) electrons. The number of hydrogen-bond acceptors (Lipinski definition) is 3. The molecule has 108 valence electrons. The van der Waals surface area contributed by atoms with Crippen molar-refractivity contribution in [2.45, 2.75) is 31.9 Å². The van der Waals surface area contributed by atoms with Gasteiger partial charge in [0.05, 0.1) is 24.5 Å². The zero-order chi connectivity index (χ0) is 14.5. The molecule has 0 spiro atoms. The molecule has 2 N–H and O–H groups in total. The molecule has 0 aromatic heterocycles. The Labute approximate surface area is 117 Å². The number of nitrogens with one attached hydrogen (secondary N) is 1. The number of rotatable bonds is 5. The number of carbonyl (C=O) groups excluding carboxylic acids is 1. The number of hydrogen-bond donors (Lipinski definition) is 2. The lowest BCUT2D eigenvalue weighted by Gasteiger charge is -2.21. The monoisotopic (exact) mass is 277 g/mol. The summed E-state index contributed by atoms with van der Waals surface area (Å²) in [5.74, 6) is -1.27. The van der Waals surface area contributed by atoms with Crippen molar-refractivity contribution in [3.8, 4) is 0 Å². The van der Waals surface area contributed by atoms with Crippen LogP contribution >= 0.6 is 0 Å². The fourth-order valence-electron chi connectivity index (χ4n) is 2.47. The number of carboxylic acid groups (broad SMARTS) is 1. The number of carboxylic acids is 1. The Hall–Kier alpha value is -1.88. The van der Waals surface area contributed by atoms with Crippen LogP contribution in [-0.2, 0) is 14.3 Å². The number of amides is 1. The van der Waals surface area contributed by atoms with Gasteiger partial charge in [-0.25, -0.2) is 0 Å². The maximum absolute atomic E-state index is 12.2. The molecule has 5 nitrogen and oxygen atoms in total. The summed E-state index contributed by atoms with van der Waals surface area (Å²) >= 11 is 0. The Morgan fingerprint density at radius 1 is 1.40 bits per heavy atom. The van der Waals surface area contributed by atoms with Gasteiger partial charge in [-0.1, -0.05) is 30.3 Å². The summed E-state index contributed by atoms with van der Waals surface area (Å²) in [5, 5.41) is 11.8. The Morgan fingerprint density at radius 2 is 2.10 bits per heavy atom. The summed E-state index contributed by atoms with van der Waals surface area (Å²) in [5.41, 5.74) is 0.801. The molecule has 0 saturated carbocycles. The molecule has 1 heterocycles. The van der Waals surface area contributed by atoms with Gasteiger partial charge in [0.1, 0.15) is 0 Å². The largest absolute Gasteiger partial charge is 0.481 e. The lowest BCUT2D eigenvalue weighted by Crippen LogP contribution is -2.37. The molecule has 3 atom stereocenters. The molecule has 2 rings (SSSR count). The van der Waals surface area contributed by atoms with Gasteiger partial charge in [-0.3, -0.25) is 9.59 Å². The molecule has 1 aromatic carbocycles. The molecule has 1 aliphatic rings. The lowest BCUT2D eigenvalue weighted by atomic mass is 9.99. The van der Waals surface area contributed by atoms with Crippen molar-refractivity contribution in [2.24, 2.45) is 5.92 Å². The minimum atomic E-state index is -0.935. The highest BCUT2D eigenvalue weighted by molar-refractivity contribution is 5.80. The summed E-state index contributed by atoms with van der Waals surface area (Å²) in [4.78, 5) is 23.2. The van der Waals surface area contributed by atoms with Crippen LogP contribution in [0.5, 0.6) is 0 Å². The Balaban J connectivity index is 2.08. The van der Waals surface area contributed by atoms with E-state index in [4.69, 9.17) is 9.84 Å². The van der Waals surface area contributed by atoms with Gasteiger partial charge in [-0.2, -0.15) is 0 Å². The summed E-state index contributed by atoms with van der Waals surface area (Å²) < 4.78 is 5.38. The van der Waals surface area contributed by atoms with Gasteiger partial charge in [0.25, 0.3) is 0 Å². The van der Waals surface area contributed by atoms with Crippen molar-refractivity contribution in [2.75, 3.05) is 6.61 Å². The smallest absolute Gasteiger partial charge is 0.305 e. The third-order valence-electron chi connectivity index (χ3n) is 3.61. The minimum absolute atomic E-state index is 0.115. The van der Waals surface area contributed by atoms with E-state index in [9.17, 15) is 9.59 Å². The zero-order valence-electron chi connectivity index (χ0n) is 11.4. The SMILES string of the molecule is CC1OCCC1C(=O)NC(CC(=O)O)c1ccccc1. The minimum Gasteiger partial charge on any atom is -0.481 e. The van der Waals surface area contributed by atoms with Gasteiger partial charge >= 0.3 is 5.97 Å². The summed E-state index contributed by atoms with van der Waals surface area (Å²) in [7, 11) is 0. The van der Waals surface area contributed by atoms with Gasteiger partial charge in [0, 0.05) is 6.61 Å². The van der Waals surface area contributed by atoms with Crippen molar-refractivity contribution in [3.05, 3.63) is 35.9 Å². The highest BCUT2D eigenvalue weighted by atomic mass is 16.5. The quantitative estimate of drug-likeness (QED) is 0.859. The predicted octanol–water partition coefficient (Wildman–Crippen LogP) is 1.74. The molecule has 3 unspecified atom stereocenters. The van der Waals surface area contributed by atoms with E-state index in [0.717, 1.165) is 5.56 Å². The lowest BCUT2D eigenvalue weighted by molar-refractivity contribution is -0.138. The maximum atomic E-state index is 12.2. The first-order valence-electron chi connectivity index (χ1n) is 6.76. The van der Waals surface area contributed by atoms with Crippen LogP contribution in [0.15, 0.2) is 30.3 Å². The topological polar surface area (TPSA) is 75.6 Å². The Morgan fingerprint density at radius 3 is 2.65 bits per heavy atom. The molecular formula is C15H19NO4. The molecule has 1 aliphatic heterocycles. The molecule has 1 aromatic rings. The first-order chi connectivity index (χ1) is 9.58. The van der Waals surface area contributed by atoms with Crippen molar-refractivity contribution in [3.63, 3.8) is 0 Å². The molecule has 1 amide bonds. The van der Waals surface area contributed by atoms with Crippen LogP contribution in [0, 0.1) is 5.92 Å². The van der Waals surface area contributed by atoms with Crippen LogP contribution < -0.4 is 5.32 Å². The Bertz CT molecular complexity index is 474. The van der Waals surface area contributed by atoms with Gasteiger partial charge < -0.3 is 15.2 Å². The molecular weight excluding hydrogens is 258 g/mol. The molecule has 0 bridgehead atoms. The molecule has 1 saturated heterocycles. The first kappa shape index (κ1) is 14.5. The van der Waals surface area contributed by atoms with Crippen LogP contribution in [0.25, 0.3) is 0 Å². The number of benzene rings is 1. The first-order valence-corrected chi connectivity index (χ1v) is 6.76. The van der Waals surface area contributed by atoms with E-state index in [0.29, 0.717) is 13.0 Å². The summed E-state index contributed by atoms with van der Waals surface area (Å²) in [6, 6.07) is 8.66. The van der Waals surface area contributed by atoms with Crippen LogP contribution in [0.4, 0.5) is 0 Å². The van der Waals surface area contributed by atoms with Gasteiger partial charge in [-0.15, -0.1) is 0 Å². The highest BCUT2D eigenvalue weighted by Crippen LogP contribution is 2.23. The average molecular weight is 277 g/mol. The molecule has 0 aliphatic carbocycles. The normalized spacial score (nSPS) is 23.2. The zero-order valence-corrected chi connectivity index (χ0v) is 11.4. The van der Waals surface area contributed by atoms with Gasteiger partial charge in [0.15, 0.2) is 0 Å². The van der Waals surface area contributed by atoms with Crippen LogP contribution in [-0.4, -0.2) is 29.7 Å². The maximum Gasteiger partial charge on any atom is 0.305 e. The number of aliphatic carboxylic acids is 1. The third-order valence-corrected chi connectivity index (χ3v) is 3.61. The molecule has 5 heteroatoms. The molecule has 20 heavy (non-hydrogen) atoms. The number of ether oxygens (including phenoxy) is 1. The third kappa shape index (κ3) is 3.57. The Kier molecular flexibility index (Phi) is 4.74. The van der Waals surface area contributed by atoms with E-state index in [1.165, 1.54) is 0 Å². The van der Waals surface area contributed by atoms with E-state index in [1.807, 2.05) is 37.3 Å². The predicted molar refractivity (Wildman–Crippen MR) is 73.1 cm³/mol. The summed E-state index contributed by atoms with van der Waals surface area (Å²) in [6.07, 6.45) is 0.440. The average Bonchev–Trinajstić information content (AvgIpc) is 2.85. The second kappa shape index (κ2) is 6.52. The van der Waals surface area contributed by atoms with E-state index in [-0.39, 0.29) is 24.3 Å². The van der Waals surface area contributed by atoms with Gasteiger partial charge in [0.2, 0.25) is 5.91 Å².